The topological polar surface area (TPSA) is 114 Å². The number of aromatic nitrogens is 1. The number of anilines is 1. The summed E-state index contributed by atoms with van der Waals surface area (Å²) in [7, 11) is 1.52. The normalized spacial score (nSPS) is 11.5. The van der Waals surface area contributed by atoms with Crippen molar-refractivity contribution in [3.63, 3.8) is 0 Å². The highest BCUT2D eigenvalue weighted by Crippen LogP contribution is 2.20. The number of nitrogens with zero attached hydrogens (tertiary/aromatic N) is 2. The van der Waals surface area contributed by atoms with Crippen LogP contribution in [0.1, 0.15) is 33.4 Å². The van der Waals surface area contributed by atoms with Gasteiger partial charge >= 0.3 is 0 Å². The molecule has 0 bridgehead atoms. The fraction of sp³-hybridized carbons (Fsp3) is 0.241. The Morgan fingerprint density at radius 2 is 1.74 bits per heavy atom. The average Bonchev–Trinajstić information content (AvgIpc) is 3.64. The predicted molar refractivity (Wildman–Crippen MR) is 148 cm³/mol. The molecule has 0 saturated heterocycles. The molecule has 9 nitrogen and oxygen atoms in total. The first-order valence-corrected chi connectivity index (χ1v) is 13.3. The highest BCUT2D eigenvalue weighted by Gasteiger charge is 2.22. The van der Waals surface area contributed by atoms with Crippen molar-refractivity contribution in [2.75, 3.05) is 32.1 Å². The number of carbonyl (C=O) groups excluding carboxylic acids is 3. The van der Waals surface area contributed by atoms with E-state index >= 15 is 0 Å². The number of rotatable bonds is 13. The van der Waals surface area contributed by atoms with Crippen LogP contribution in [0, 0.1) is 0 Å². The van der Waals surface area contributed by atoms with Crippen molar-refractivity contribution in [3.8, 4) is 0 Å². The second kappa shape index (κ2) is 14.0. The van der Waals surface area contributed by atoms with Crippen LogP contribution in [0.2, 0.25) is 0 Å². The summed E-state index contributed by atoms with van der Waals surface area (Å²) < 4.78 is 10.2. The van der Waals surface area contributed by atoms with Crippen LogP contribution in [-0.2, 0) is 27.2 Å². The summed E-state index contributed by atoms with van der Waals surface area (Å²) in [5, 5.41) is 7.93. The van der Waals surface area contributed by atoms with Gasteiger partial charge in [0.05, 0.1) is 31.0 Å². The zero-order chi connectivity index (χ0) is 27.5. The van der Waals surface area contributed by atoms with Gasteiger partial charge in [-0.2, -0.15) is 0 Å². The van der Waals surface area contributed by atoms with Gasteiger partial charge in [0.25, 0.3) is 5.91 Å². The molecule has 202 valence electrons. The van der Waals surface area contributed by atoms with Gasteiger partial charge in [0.2, 0.25) is 11.8 Å². The summed E-state index contributed by atoms with van der Waals surface area (Å²) in [5.41, 5.74) is 2.68. The minimum Gasteiger partial charge on any atom is -0.459 e. The van der Waals surface area contributed by atoms with Crippen molar-refractivity contribution in [2.45, 2.75) is 18.9 Å². The molecule has 2 N–H and O–H groups in total. The number of hydrogen-bond donors (Lipinski definition) is 2. The first-order valence-electron chi connectivity index (χ1n) is 12.5. The van der Waals surface area contributed by atoms with Crippen molar-refractivity contribution in [1.29, 1.82) is 0 Å². The molecule has 2 heterocycles. The lowest BCUT2D eigenvalue weighted by molar-refractivity contribution is -0.121. The van der Waals surface area contributed by atoms with Gasteiger partial charge in [0.1, 0.15) is 6.54 Å². The Balaban J connectivity index is 1.34. The van der Waals surface area contributed by atoms with E-state index in [4.69, 9.17) is 9.15 Å². The minimum atomic E-state index is -0.414. The summed E-state index contributed by atoms with van der Waals surface area (Å²) in [4.78, 5) is 44.0. The van der Waals surface area contributed by atoms with E-state index in [1.807, 2.05) is 60.7 Å². The molecule has 1 atom stereocenters. The summed E-state index contributed by atoms with van der Waals surface area (Å²) >= 11 is 1.22. The molecule has 0 aliphatic rings. The van der Waals surface area contributed by atoms with Gasteiger partial charge in [-0.05, 0) is 29.7 Å². The molecule has 10 heteroatoms. The van der Waals surface area contributed by atoms with Gasteiger partial charge < -0.3 is 24.7 Å². The SMILES string of the molecule is COCCN(CC(=O)Nc1nc(CC(=O)NC(Cc2ccccc2)c2ccccc2)cs1)C(=O)c1ccco1. The maximum Gasteiger partial charge on any atom is 0.290 e. The van der Waals surface area contributed by atoms with Gasteiger partial charge in [0, 0.05) is 19.0 Å². The first-order chi connectivity index (χ1) is 19.0. The molecule has 4 aromatic rings. The van der Waals surface area contributed by atoms with Crippen molar-refractivity contribution in [1.82, 2.24) is 15.2 Å². The van der Waals surface area contributed by atoms with Crippen LogP contribution in [0.5, 0.6) is 0 Å². The van der Waals surface area contributed by atoms with Crippen LogP contribution >= 0.6 is 11.3 Å². The number of ether oxygens (including phenoxy) is 1. The number of nitrogens with one attached hydrogen (secondary N) is 2. The zero-order valence-corrected chi connectivity index (χ0v) is 22.4. The molecule has 2 aromatic heterocycles. The summed E-state index contributed by atoms with van der Waals surface area (Å²) in [6.45, 7) is 0.291. The summed E-state index contributed by atoms with van der Waals surface area (Å²) in [6.07, 6.45) is 2.13. The van der Waals surface area contributed by atoms with E-state index in [0.717, 1.165) is 11.1 Å². The molecule has 0 aliphatic heterocycles. The van der Waals surface area contributed by atoms with Crippen LogP contribution in [0.25, 0.3) is 0 Å². The Morgan fingerprint density at radius 1 is 1.00 bits per heavy atom. The van der Waals surface area contributed by atoms with E-state index in [9.17, 15) is 14.4 Å². The molecule has 4 rings (SSSR count). The number of carbonyl (C=O) groups is 3. The Kier molecular flexibility index (Phi) is 9.98. The second-order valence-electron chi connectivity index (χ2n) is 8.79. The molecular weight excluding hydrogens is 516 g/mol. The molecule has 1 unspecified atom stereocenters. The first kappa shape index (κ1) is 27.7. The molecule has 0 saturated carbocycles. The number of amides is 3. The highest BCUT2D eigenvalue weighted by molar-refractivity contribution is 7.13. The van der Waals surface area contributed by atoms with Crippen LogP contribution < -0.4 is 10.6 Å². The second-order valence-corrected chi connectivity index (χ2v) is 9.64. The smallest absolute Gasteiger partial charge is 0.290 e. The maximum atomic E-state index is 13.0. The van der Waals surface area contributed by atoms with Crippen LogP contribution in [-0.4, -0.2) is 54.4 Å². The number of methoxy groups -OCH3 is 1. The van der Waals surface area contributed by atoms with E-state index in [2.05, 4.69) is 15.6 Å². The van der Waals surface area contributed by atoms with Gasteiger partial charge in [0.15, 0.2) is 10.9 Å². The standard InChI is InChI=1S/C29H30N4O5S/c1-37-16-14-33(28(36)25-13-8-15-38-25)19-27(35)32-29-30-23(20-39-29)18-26(34)31-24(22-11-6-3-7-12-22)17-21-9-4-2-5-10-21/h2-13,15,20,24H,14,16-19H2,1H3,(H,31,34)(H,30,32,35). The molecular formula is C29H30N4O5S. The third-order valence-corrected chi connectivity index (χ3v) is 6.69. The van der Waals surface area contributed by atoms with Crippen molar-refractivity contribution in [3.05, 3.63) is 107 Å². The quantitative estimate of drug-likeness (QED) is 0.261. The molecule has 0 fully saturated rings. The molecule has 0 aliphatic carbocycles. The zero-order valence-electron chi connectivity index (χ0n) is 21.5. The number of hydrogen-bond acceptors (Lipinski definition) is 7. The highest BCUT2D eigenvalue weighted by atomic mass is 32.1. The largest absolute Gasteiger partial charge is 0.459 e. The monoisotopic (exact) mass is 546 g/mol. The number of benzene rings is 2. The van der Waals surface area contributed by atoms with Crippen molar-refractivity contribution < 1.29 is 23.5 Å². The van der Waals surface area contributed by atoms with E-state index < -0.39 is 11.8 Å². The third kappa shape index (κ3) is 8.36. The van der Waals surface area contributed by atoms with E-state index in [1.54, 1.807) is 17.5 Å². The Labute approximate surface area is 230 Å². The van der Waals surface area contributed by atoms with Gasteiger partial charge in [-0.3, -0.25) is 14.4 Å². The molecule has 3 amide bonds. The van der Waals surface area contributed by atoms with E-state index in [0.29, 0.717) is 17.2 Å². The Morgan fingerprint density at radius 3 is 2.44 bits per heavy atom. The van der Waals surface area contributed by atoms with E-state index in [1.165, 1.54) is 29.6 Å². The van der Waals surface area contributed by atoms with Gasteiger partial charge in [-0.1, -0.05) is 60.7 Å². The van der Waals surface area contributed by atoms with Crippen molar-refractivity contribution >= 4 is 34.2 Å². The van der Waals surface area contributed by atoms with Crippen LogP contribution in [0.15, 0.2) is 88.9 Å². The fourth-order valence-electron chi connectivity index (χ4n) is 3.98. The van der Waals surface area contributed by atoms with Crippen LogP contribution in [0.3, 0.4) is 0 Å². The van der Waals surface area contributed by atoms with Crippen molar-refractivity contribution in [2.24, 2.45) is 0 Å². The molecule has 2 aromatic carbocycles. The lowest BCUT2D eigenvalue weighted by atomic mass is 9.98. The average molecular weight is 547 g/mol. The fourth-order valence-corrected chi connectivity index (χ4v) is 4.71. The Hall–Kier alpha value is -4.28. The molecule has 0 radical (unpaired) electrons. The lowest BCUT2D eigenvalue weighted by Gasteiger charge is -2.20. The van der Waals surface area contributed by atoms with Crippen LogP contribution in [0.4, 0.5) is 5.13 Å². The third-order valence-electron chi connectivity index (χ3n) is 5.88. The minimum absolute atomic E-state index is 0.0709. The lowest BCUT2D eigenvalue weighted by Crippen LogP contribution is -2.39. The maximum absolute atomic E-state index is 13.0. The summed E-state index contributed by atoms with van der Waals surface area (Å²) in [6, 6.07) is 22.8. The molecule has 0 spiro atoms. The van der Waals surface area contributed by atoms with Gasteiger partial charge in [-0.15, -0.1) is 11.3 Å². The predicted octanol–water partition coefficient (Wildman–Crippen LogP) is 4.11. The Bertz CT molecular complexity index is 1340. The molecule has 39 heavy (non-hydrogen) atoms. The summed E-state index contributed by atoms with van der Waals surface area (Å²) in [5.74, 6) is -0.851. The van der Waals surface area contributed by atoms with Gasteiger partial charge in [-0.25, -0.2) is 4.98 Å². The van der Waals surface area contributed by atoms with E-state index in [-0.39, 0.29) is 43.8 Å². The number of thiazole rings is 1. The number of furan rings is 1.